The third kappa shape index (κ3) is 2.94. The number of phenolic OH excluding ortho intramolecular Hbond substituents is 1. The zero-order valence-corrected chi connectivity index (χ0v) is 19.3. The van der Waals surface area contributed by atoms with E-state index < -0.39 is 70.4 Å². The second-order valence-corrected chi connectivity index (χ2v) is 9.73. The molecule has 0 spiro atoms. The number of hydrogen-bond acceptors (Lipinski definition) is 10. The Bertz CT molecular complexity index is 1130. The number of benzene rings is 1. The molecule has 3 aliphatic carbocycles. The molecule has 0 radical (unpaired) electrons. The summed E-state index contributed by atoms with van der Waals surface area (Å²) in [5.74, 6) is -9.07. The zero-order chi connectivity index (χ0) is 25.4. The van der Waals surface area contributed by atoms with Crippen LogP contribution < -0.4 is 10.6 Å². The van der Waals surface area contributed by atoms with Crippen LogP contribution in [-0.2, 0) is 16.0 Å². The molecule has 0 aromatic heterocycles. The number of ketones is 2. The van der Waals surface area contributed by atoms with E-state index in [0.717, 1.165) is 0 Å². The van der Waals surface area contributed by atoms with Crippen molar-refractivity contribution in [2.75, 3.05) is 33.1 Å². The third-order valence-corrected chi connectivity index (χ3v) is 7.51. The summed E-state index contributed by atoms with van der Waals surface area (Å²) in [5.41, 5.74) is 3.05. The first-order chi connectivity index (χ1) is 15.8. The number of carbonyl (C=O) groups excluding carboxylic acids is 3. The second-order valence-electron chi connectivity index (χ2n) is 9.73. The van der Waals surface area contributed by atoms with Crippen LogP contribution in [0.5, 0.6) is 5.75 Å². The monoisotopic (exact) mass is 475 g/mol. The van der Waals surface area contributed by atoms with Gasteiger partial charge in [0.15, 0.2) is 17.2 Å². The molecule has 1 aromatic rings. The first-order valence-electron chi connectivity index (χ1n) is 10.9. The number of rotatable bonds is 3. The van der Waals surface area contributed by atoms with Crippen molar-refractivity contribution < 1.29 is 39.9 Å². The Kier molecular flexibility index (Phi) is 5.52. The van der Waals surface area contributed by atoms with Gasteiger partial charge in [-0.15, -0.1) is 0 Å². The number of primary amides is 1. The van der Waals surface area contributed by atoms with Gasteiger partial charge in [-0.25, -0.2) is 0 Å². The minimum absolute atomic E-state index is 0.0137. The predicted molar refractivity (Wildman–Crippen MR) is 119 cm³/mol. The van der Waals surface area contributed by atoms with E-state index in [1.165, 1.54) is 25.1 Å². The number of nitrogens with zero attached hydrogens (tertiary/aromatic N) is 2. The Labute approximate surface area is 195 Å². The van der Waals surface area contributed by atoms with Crippen molar-refractivity contribution in [2.24, 2.45) is 23.5 Å². The van der Waals surface area contributed by atoms with E-state index in [2.05, 4.69) is 0 Å². The molecule has 34 heavy (non-hydrogen) atoms. The normalized spacial score (nSPS) is 35.1. The fourth-order valence-electron chi connectivity index (χ4n) is 6.02. The Balaban J connectivity index is 2.00. The van der Waals surface area contributed by atoms with Gasteiger partial charge in [-0.1, -0.05) is 0 Å². The van der Waals surface area contributed by atoms with E-state index in [1.54, 1.807) is 25.1 Å². The summed E-state index contributed by atoms with van der Waals surface area (Å²) in [6.45, 7) is 0. The fraction of sp³-hybridized carbons (Fsp3) is 0.522. The fourth-order valence-corrected chi connectivity index (χ4v) is 6.02. The van der Waals surface area contributed by atoms with Crippen molar-refractivity contribution in [3.05, 3.63) is 34.6 Å². The molecule has 1 fully saturated rings. The van der Waals surface area contributed by atoms with Crippen molar-refractivity contribution in [1.29, 1.82) is 0 Å². The largest absolute Gasteiger partial charge is 0.508 e. The van der Waals surface area contributed by atoms with Crippen molar-refractivity contribution in [1.82, 2.24) is 4.90 Å². The Hall–Kier alpha value is -2.99. The summed E-state index contributed by atoms with van der Waals surface area (Å²) in [5, 5.41) is 55.6. The van der Waals surface area contributed by atoms with Gasteiger partial charge >= 0.3 is 0 Å². The highest BCUT2D eigenvalue weighted by Gasteiger charge is 2.69. The van der Waals surface area contributed by atoms with Gasteiger partial charge in [-0.3, -0.25) is 14.4 Å². The number of carbonyl (C=O) groups is 3. The quantitative estimate of drug-likeness (QED) is 0.276. The second kappa shape index (κ2) is 7.77. The van der Waals surface area contributed by atoms with Gasteiger partial charge in [0.1, 0.15) is 17.4 Å². The number of likely N-dealkylation sites (N-methyl/N-ethyl adjacent to an activating group) is 1. The first-order valence-corrected chi connectivity index (χ1v) is 10.9. The van der Waals surface area contributed by atoms with Crippen molar-refractivity contribution in [3.8, 4) is 5.75 Å². The molecule has 184 valence electrons. The minimum Gasteiger partial charge on any atom is -0.508 e. The van der Waals surface area contributed by atoms with Crippen LogP contribution in [0, 0.1) is 17.8 Å². The smallest absolute Gasteiger partial charge is 0.230 e. The Morgan fingerprint density at radius 1 is 1.09 bits per heavy atom. The molecule has 0 bridgehead atoms. The van der Waals surface area contributed by atoms with Crippen molar-refractivity contribution >= 4 is 23.2 Å². The number of aliphatic hydroxyl groups is 4. The van der Waals surface area contributed by atoms with Crippen LogP contribution in [0.3, 0.4) is 0 Å². The van der Waals surface area contributed by atoms with Crippen molar-refractivity contribution in [3.63, 3.8) is 0 Å². The van der Waals surface area contributed by atoms with Crippen LogP contribution in [0.1, 0.15) is 15.9 Å². The highest BCUT2D eigenvalue weighted by Crippen LogP contribution is 2.53. The van der Waals surface area contributed by atoms with E-state index in [4.69, 9.17) is 5.73 Å². The van der Waals surface area contributed by atoms with Gasteiger partial charge in [0, 0.05) is 43.2 Å². The first kappa shape index (κ1) is 24.1. The van der Waals surface area contributed by atoms with Crippen molar-refractivity contribution in [2.45, 2.75) is 30.3 Å². The lowest BCUT2D eigenvalue weighted by Crippen LogP contribution is -2.74. The molecule has 3 aliphatic rings. The average molecular weight is 475 g/mol. The minimum atomic E-state index is -2.85. The molecule has 4 rings (SSSR count). The van der Waals surface area contributed by atoms with E-state index in [1.807, 2.05) is 0 Å². The van der Waals surface area contributed by atoms with E-state index in [9.17, 15) is 39.9 Å². The molecule has 0 heterocycles. The maximum absolute atomic E-state index is 13.5. The maximum Gasteiger partial charge on any atom is 0.230 e. The molecule has 11 nitrogen and oxygen atoms in total. The highest BCUT2D eigenvalue weighted by molar-refractivity contribution is 6.16. The lowest BCUT2D eigenvalue weighted by Gasteiger charge is -2.55. The Morgan fingerprint density at radius 3 is 2.24 bits per heavy atom. The molecule has 11 heteroatoms. The number of aliphatic hydroxyl groups excluding tert-OH is 3. The molecule has 7 N–H and O–H groups in total. The number of amides is 1. The number of phenols is 1. The standard InChI is InChI=1S/C23H29N3O8/c1-25(2)10-5-6-11(27)12-8(10)7-9-13(18(12)29)20(31)23(34)15(17(9)28)16(26(3)4)19(30)14(21(23)32)22(24)33/h5-6,9,14-17,19,27-28,30-31,34H,7H2,1-4H3,(H2,24,33). The lowest BCUT2D eigenvalue weighted by atomic mass is 9.54. The third-order valence-electron chi connectivity index (χ3n) is 7.51. The molecule has 0 aliphatic heterocycles. The molecule has 7 unspecified atom stereocenters. The lowest BCUT2D eigenvalue weighted by molar-refractivity contribution is -0.193. The molecular formula is C23H29N3O8. The summed E-state index contributed by atoms with van der Waals surface area (Å²) in [7, 11) is 6.54. The number of Topliss-reactive ketones (excluding diaryl/α,β-unsaturated/α-hetero) is 2. The summed E-state index contributed by atoms with van der Waals surface area (Å²) in [6.07, 6.45) is -3.22. The molecule has 7 atom stereocenters. The van der Waals surface area contributed by atoms with Crippen LogP contribution in [0.25, 0.3) is 0 Å². The van der Waals surface area contributed by atoms with Crippen LogP contribution in [0.15, 0.2) is 23.5 Å². The molecule has 1 amide bonds. The van der Waals surface area contributed by atoms with Crippen LogP contribution in [0.2, 0.25) is 0 Å². The molecule has 0 saturated heterocycles. The molecule has 1 saturated carbocycles. The van der Waals surface area contributed by atoms with Gasteiger partial charge in [0.25, 0.3) is 0 Å². The number of fused-ring (bicyclic) bond motifs is 3. The van der Waals surface area contributed by atoms with Gasteiger partial charge in [0.05, 0.1) is 17.8 Å². The van der Waals surface area contributed by atoms with Crippen LogP contribution >= 0.6 is 0 Å². The number of aromatic hydroxyl groups is 1. The van der Waals surface area contributed by atoms with Gasteiger partial charge in [0.2, 0.25) is 5.91 Å². The molecular weight excluding hydrogens is 446 g/mol. The summed E-state index contributed by atoms with van der Waals surface area (Å²) >= 11 is 0. The summed E-state index contributed by atoms with van der Waals surface area (Å²) < 4.78 is 0. The van der Waals surface area contributed by atoms with E-state index >= 15 is 0 Å². The van der Waals surface area contributed by atoms with Crippen LogP contribution in [0.4, 0.5) is 5.69 Å². The zero-order valence-electron chi connectivity index (χ0n) is 19.3. The highest BCUT2D eigenvalue weighted by atomic mass is 16.4. The van der Waals surface area contributed by atoms with E-state index in [-0.39, 0.29) is 17.7 Å². The topological polar surface area (TPSA) is 185 Å². The van der Waals surface area contributed by atoms with Gasteiger partial charge in [-0.2, -0.15) is 0 Å². The van der Waals surface area contributed by atoms with E-state index in [0.29, 0.717) is 11.3 Å². The average Bonchev–Trinajstić information content (AvgIpc) is 2.73. The summed E-state index contributed by atoms with van der Waals surface area (Å²) in [6, 6.07) is 1.79. The van der Waals surface area contributed by atoms with Gasteiger partial charge in [-0.05, 0) is 38.2 Å². The van der Waals surface area contributed by atoms with Crippen LogP contribution in [-0.4, -0.2) is 99.9 Å². The van der Waals surface area contributed by atoms with Gasteiger partial charge < -0.3 is 41.1 Å². The predicted octanol–water partition coefficient (Wildman–Crippen LogP) is -1.68. The SMILES string of the molecule is CN(C)c1ccc(O)c2c1CC1C(=C(O)C3(O)C(=O)C(C(N)=O)C(O)C(N(C)C)C3C1O)C2=O. The molecule has 1 aromatic carbocycles. The number of nitrogens with two attached hydrogens (primary N) is 1. The Morgan fingerprint density at radius 2 is 1.71 bits per heavy atom. The number of hydrogen-bond donors (Lipinski definition) is 6. The maximum atomic E-state index is 13.5. The summed E-state index contributed by atoms with van der Waals surface area (Å²) in [4.78, 5) is 42.1. The number of anilines is 1.